The predicted molar refractivity (Wildman–Crippen MR) is 101 cm³/mol. The van der Waals surface area contributed by atoms with Crippen LogP contribution in [-0.4, -0.2) is 12.0 Å². The molecule has 0 fully saturated rings. The largest absolute Gasteiger partial charge is 0.481 e. The van der Waals surface area contributed by atoms with Gasteiger partial charge in [-0.15, -0.1) is 0 Å². The Kier molecular flexibility index (Phi) is 5.33. The first kappa shape index (κ1) is 17.8. The fourth-order valence-electron chi connectivity index (χ4n) is 3.42. The maximum atomic E-state index is 12.6. The number of carbonyl (C=O) groups excluding carboxylic acids is 1. The number of rotatable bonds is 4. The molecule has 0 heterocycles. The first-order chi connectivity index (χ1) is 12.0. The van der Waals surface area contributed by atoms with E-state index < -0.39 is 6.10 Å². The van der Waals surface area contributed by atoms with E-state index in [9.17, 15) is 4.79 Å². The minimum atomic E-state index is -0.561. The Hall–Kier alpha value is -2.00. The van der Waals surface area contributed by atoms with Crippen LogP contribution in [0.25, 0.3) is 0 Å². The summed E-state index contributed by atoms with van der Waals surface area (Å²) >= 11 is 6.19. The number of halogens is 1. The molecule has 0 saturated heterocycles. The van der Waals surface area contributed by atoms with E-state index in [1.807, 2.05) is 32.0 Å². The van der Waals surface area contributed by atoms with Gasteiger partial charge >= 0.3 is 0 Å². The summed E-state index contributed by atoms with van der Waals surface area (Å²) in [7, 11) is 0. The van der Waals surface area contributed by atoms with Crippen molar-refractivity contribution in [3.8, 4) is 5.75 Å². The van der Waals surface area contributed by atoms with Crippen LogP contribution in [0.3, 0.4) is 0 Å². The molecule has 0 aliphatic heterocycles. The van der Waals surface area contributed by atoms with Crippen LogP contribution >= 0.6 is 11.6 Å². The van der Waals surface area contributed by atoms with Crippen LogP contribution in [0.4, 0.5) is 0 Å². The maximum absolute atomic E-state index is 12.6. The molecule has 3 rings (SSSR count). The smallest absolute Gasteiger partial charge is 0.261 e. The maximum Gasteiger partial charge on any atom is 0.261 e. The molecule has 0 bridgehead atoms. The van der Waals surface area contributed by atoms with Crippen molar-refractivity contribution in [1.29, 1.82) is 0 Å². The van der Waals surface area contributed by atoms with E-state index in [1.54, 1.807) is 6.92 Å². The molecule has 2 aromatic carbocycles. The molecule has 0 spiro atoms. The fraction of sp³-hybridized carbons (Fsp3) is 0.381. The normalized spacial score (nSPS) is 17.5. The first-order valence-electron chi connectivity index (χ1n) is 8.77. The summed E-state index contributed by atoms with van der Waals surface area (Å²) in [6, 6.07) is 12.1. The van der Waals surface area contributed by atoms with E-state index in [4.69, 9.17) is 16.3 Å². The fourth-order valence-corrected chi connectivity index (χ4v) is 3.53. The van der Waals surface area contributed by atoms with Crippen molar-refractivity contribution in [2.75, 3.05) is 0 Å². The summed E-state index contributed by atoms with van der Waals surface area (Å²) in [4.78, 5) is 12.6. The molecular weight excluding hydrogens is 334 g/mol. The molecule has 2 aromatic rings. The summed E-state index contributed by atoms with van der Waals surface area (Å²) in [5.41, 5.74) is 4.46. The monoisotopic (exact) mass is 357 g/mol. The molecule has 25 heavy (non-hydrogen) atoms. The molecule has 1 aliphatic carbocycles. The molecule has 0 unspecified atom stereocenters. The SMILES string of the molecule is Cc1cc(O[C@@H](C)C(=O)N[C@@H]2CCCc3ccccc32)cc(C)c1Cl. The number of aryl methyl sites for hydroxylation is 3. The van der Waals surface area contributed by atoms with Crippen LogP contribution < -0.4 is 10.1 Å². The lowest BCUT2D eigenvalue weighted by Crippen LogP contribution is -2.39. The van der Waals surface area contributed by atoms with E-state index >= 15 is 0 Å². The summed E-state index contributed by atoms with van der Waals surface area (Å²) < 4.78 is 5.85. The Morgan fingerprint density at radius 2 is 1.92 bits per heavy atom. The molecule has 0 saturated carbocycles. The Morgan fingerprint density at radius 3 is 2.64 bits per heavy atom. The van der Waals surface area contributed by atoms with Crippen LogP contribution in [-0.2, 0) is 11.2 Å². The molecule has 4 heteroatoms. The highest BCUT2D eigenvalue weighted by Gasteiger charge is 2.24. The highest BCUT2D eigenvalue weighted by molar-refractivity contribution is 6.32. The van der Waals surface area contributed by atoms with Gasteiger partial charge in [-0.05, 0) is 74.4 Å². The second-order valence-corrected chi connectivity index (χ2v) is 7.16. The van der Waals surface area contributed by atoms with Crippen LogP contribution in [0.1, 0.15) is 48.1 Å². The molecule has 1 amide bonds. The zero-order valence-corrected chi connectivity index (χ0v) is 15.7. The van der Waals surface area contributed by atoms with Crippen molar-refractivity contribution >= 4 is 17.5 Å². The molecule has 132 valence electrons. The Labute approximate surface area is 154 Å². The standard InChI is InChI=1S/C21H24ClNO2/c1-13-11-17(12-14(2)20(13)22)25-15(3)21(24)23-19-10-6-8-16-7-4-5-9-18(16)19/h4-5,7,9,11-12,15,19H,6,8,10H2,1-3H3,(H,23,24)/t15-,19+/m0/s1. The van der Waals surface area contributed by atoms with E-state index in [2.05, 4.69) is 23.5 Å². The second kappa shape index (κ2) is 7.49. The van der Waals surface area contributed by atoms with Gasteiger partial charge in [-0.1, -0.05) is 35.9 Å². The number of hydrogen-bond acceptors (Lipinski definition) is 2. The first-order valence-corrected chi connectivity index (χ1v) is 9.15. The number of fused-ring (bicyclic) bond motifs is 1. The van der Waals surface area contributed by atoms with Gasteiger partial charge in [0.25, 0.3) is 5.91 Å². The second-order valence-electron chi connectivity index (χ2n) is 6.78. The third-order valence-corrected chi connectivity index (χ3v) is 5.37. The van der Waals surface area contributed by atoms with Crippen LogP contribution in [0, 0.1) is 13.8 Å². The zero-order valence-electron chi connectivity index (χ0n) is 14.9. The summed E-state index contributed by atoms with van der Waals surface area (Å²) in [5, 5.41) is 3.88. The van der Waals surface area contributed by atoms with Crippen LogP contribution in [0.15, 0.2) is 36.4 Å². The van der Waals surface area contributed by atoms with Gasteiger partial charge in [-0.3, -0.25) is 4.79 Å². The number of carbonyl (C=O) groups is 1. The van der Waals surface area contributed by atoms with Crippen LogP contribution in [0.5, 0.6) is 5.75 Å². The van der Waals surface area contributed by atoms with Gasteiger partial charge in [-0.25, -0.2) is 0 Å². The van der Waals surface area contributed by atoms with Gasteiger partial charge in [0.15, 0.2) is 6.10 Å². The lowest BCUT2D eigenvalue weighted by molar-refractivity contribution is -0.128. The zero-order chi connectivity index (χ0) is 18.0. The third kappa shape index (κ3) is 3.98. The molecule has 1 N–H and O–H groups in total. The van der Waals surface area contributed by atoms with E-state index in [1.165, 1.54) is 11.1 Å². The van der Waals surface area contributed by atoms with Crippen LogP contribution in [0.2, 0.25) is 5.02 Å². The summed E-state index contributed by atoms with van der Waals surface area (Å²) in [5.74, 6) is 0.582. The minimum Gasteiger partial charge on any atom is -0.481 e. The number of amides is 1. The average Bonchev–Trinajstić information content (AvgIpc) is 2.60. The van der Waals surface area contributed by atoms with E-state index in [0.717, 1.165) is 35.4 Å². The van der Waals surface area contributed by atoms with Crippen molar-refractivity contribution in [1.82, 2.24) is 5.32 Å². The Morgan fingerprint density at radius 1 is 1.24 bits per heavy atom. The Balaban J connectivity index is 1.68. The van der Waals surface area contributed by atoms with Crippen molar-refractivity contribution in [3.05, 3.63) is 63.7 Å². The van der Waals surface area contributed by atoms with Gasteiger partial charge in [0.1, 0.15) is 5.75 Å². The van der Waals surface area contributed by atoms with Gasteiger partial charge in [0, 0.05) is 5.02 Å². The lowest BCUT2D eigenvalue weighted by atomic mass is 9.87. The highest BCUT2D eigenvalue weighted by Crippen LogP contribution is 2.30. The van der Waals surface area contributed by atoms with Crippen molar-refractivity contribution in [2.45, 2.75) is 52.2 Å². The van der Waals surface area contributed by atoms with E-state index in [0.29, 0.717) is 5.75 Å². The average molecular weight is 358 g/mol. The quantitative estimate of drug-likeness (QED) is 0.843. The molecule has 1 aliphatic rings. The summed E-state index contributed by atoms with van der Waals surface area (Å²) in [6.07, 6.45) is 2.58. The van der Waals surface area contributed by atoms with Crippen molar-refractivity contribution in [2.24, 2.45) is 0 Å². The predicted octanol–water partition coefficient (Wildman–Crippen LogP) is 4.92. The van der Waals surface area contributed by atoms with E-state index in [-0.39, 0.29) is 11.9 Å². The number of benzene rings is 2. The highest BCUT2D eigenvalue weighted by atomic mass is 35.5. The van der Waals surface area contributed by atoms with Crippen molar-refractivity contribution < 1.29 is 9.53 Å². The Bertz CT molecular complexity index is 764. The number of ether oxygens (including phenoxy) is 1. The van der Waals surface area contributed by atoms with Gasteiger partial charge in [-0.2, -0.15) is 0 Å². The number of hydrogen-bond donors (Lipinski definition) is 1. The molecular formula is C21H24ClNO2. The molecule has 2 atom stereocenters. The van der Waals surface area contributed by atoms with Gasteiger partial charge < -0.3 is 10.1 Å². The minimum absolute atomic E-state index is 0.0668. The number of nitrogens with one attached hydrogen (secondary N) is 1. The van der Waals surface area contributed by atoms with Gasteiger partial charge in [0.05, 0.1) is 6.04 Å². The van der Waals surface area contributed by atoms with Gasteiger partial charge in [0.2, 0.25) is 0 Å². The molecule has 3 nitrogen and oxygen atoms in total. The molecule has 0 aromatic heterocycles. The van der Waals surface area contributed by atoms with Crippen molar-refractivity contribution in [3.63, 3.8) is 0 Å². The third-order valence-electron chi connectivity index (χ3n) is 4.78. The molecule has 0 radical (unpaired) electrons. The topological polar surface area (TPSA) is 38.3 Å². The lowest BCUT2D eigenvalue weighted by Gasteiger charge is -2.27. The summed E-state index contributed by atoms with van der Waals surface area (Å²) in [6.45, 7) is 5.65.